The average Bonchev–Trinajstić information content (AvgIpc) is 3.52. The van der Waals surface area contributed by atoms with Crippen LogP contribution >= 0.6 is 0 Å². The number of carbonyl (C=O) groups excluding carboxylic acids is 1. The number of ether oxygens (including phenoxy) is 1. The van der Waals surface area contributed by atoms with Crippen LogP contribution in [0.4, 0.5) is 17.3 Å². The maximum absolute atomic E-state index is 11.6. The van der Waals surface area contributed by atoms with Crippen molar-refractivity contribution < 1.29 is 9.53 Å². The number of nitrogens with zero attached hydrogens (tertiary/aromatic N) is 4. The largest absolute Gasteiger partial charge is 0.496 e. The Labute approximate surface area is 188 Å². The van der Waals surface area contributed by atoms with Crippen molar-refractivity contribution in [3.05, 3.63) is 61.3 Å². The summed E-state index contributed by atoms with van der Waals surface area (Å²) in [6.07, 6.45) is 8.79. The molecule has 4 N–H and O–H groups in total. The predicted molar refractivity (Wildman–Crippen MR) is 125 cm³/mol. The van der Waals surface area contributed by atoms with Crippen LogP contribution in [0.15, 0.2) is 61.3 Å². The van der Waals surface area contributed by atoms with E-state index in [0.29, 0.717) is 17.4 Å². The van der Waals surface area contributed by atoms with Crippen LogP contribution < -0.4 is 15.4 Å². The minimum Gasteiger partial charge on any atom is -0.496 e. The number of carbonyl (C=O) groups is 1. The third-order valence-electron chi connectivity index (χ3n) is 5.05. The van der Waals surface area contributed by atoms with E-state index in [-0.39, 0.29) is 5.91 Å². The van der Waals surface area contributed by atoms with Crippen LogP contribution in [0.25, 0.3) is 33.2 Å². The summed E-state index contributed by atoms with van der Waals surface area (Å²) in [4.78, 5) is 20.7. The van der Waals surface area contributed by atoms with Crippen molar-refractivity contribution in [3.63, 3.8) is 0 Å². The van der Waals surface area contributed by atoms with Crippen molar-refractivity contribution >= 4 is 34.1 Å². The third-order valence-corrected chi connectivity index (χ3v) is 5.05. The number of aromatic nitrogens is 6. The lowest BCUT2D eigenvalue weighted by Gasteiger charge is -2.12. The lowest BCUT2D eigenvalue weighted by molar-refractivity contribution is -0.114. The molecule has 3 aromatic heterocycles. The Hall–Kier alpha value is -4.73. The molecule has 0 bridgehead atoms. The van der Waals surface area contributed by atoms with Gasteiger partial charge in [-0.1, -0.05) is 0 Å². The normalized spacial score (nSPS) is 10.8. The number of H-pyrrole nitrogens is 2. The molecule has 0 atom stereocenters. The highest BCUT2D eigenvalue weighted by Crippen LogP contribution is 2.34. The molecular formula is C23H20N8O2. The van der Waals surface area contributed by atoms with Crippen LogP contribution in [0, 0.1) is 0 Å². The fourth-order valence-corrected chi connectivity index (χ4v) is 3.59. The second kappa shape index (κ2) is 8.42. The van der Waals surface area contributed by atoms with Gasteiger partial charge >= 0.3 is 0 Å². The van der Waals surface area contributed by atoms with E-state index in [2.05, 4.69) is 41.0 Å². The Morgan fingerprint density at radius 1 is 0.909 bits per heavy atom. The summed E-state index contributed by atoms with van der Waals surface area (Å²) in [7, 11) is 1.62. The van der Waals surface area contributed by atoms with E-state index < -0.39 is 0 Å². The highest BCUT2D eigenvalue weighted by atomic mass is 16.5. The van der Waals surface area contributed by atoms with Gasteiger partial charge in [-0.3, -0.25) is 15.0 Å². The lowest BCUT2D eigenvalue weighted by Crippen LogP contribution is -2.06. The second-order valence-corrected chi connectivity index (χ2v) is 7.38. The maximum Gasteiger partial charge on any atom is 0.227 e. The zero-order valence-electron chi connectivity index (χ0n) is 17.9. The van der Waals surface area contributed by atoms with Crippen LogP contribution in [0.5, 0.6) is 5.75 Å². The molecule has 0 saturated carbocycles. The zero-order chi connectivity index (χ0) is 22.8. The van der Waals surface area contributed by atoms with Crippen molar-refractivity contribution in [2.45, 2.75) is 6.92 Å². The van der Waals surface area contributed by atoms with Gasteiger partial charge < -0.3 is 15.4 Å². The molecule has 10 heteroatoms. The zero-order valence-corrected chi connectivity index (χ0v) is 17.9. The second-order valence-electron chi connectivity index (χ2n) is 7.38. The van der Waals surface area contributed by atoms with E-state index in [4.69, 9.17) is 4.74 Å². The summed E-state index contributed by atoms with van der Waals surface area (Å²) in [5.41, 5.74) is 5.68. The molecule has 1 amide bonds. The molecule has 0 unspecified atom stereocenters. The van der Waals surface area contributed by atoms with E-state index in [9.17, 15) is 4.79 Å². The summed E-state index contributed by atoms with van der Waals surface area (Å²) < 4.78 is 5.57. The first kappa shape index (κ1) is 20.2. The molecule has 0 spiro atoms. The van der Waals surface area contributed by atoms with Gasteiger partial charge in [0.1, 0.15) is 5.75 Å². The maximum atomic E-state index is 11.6. The molecule has 0 fully saturated rings. The Bertz CT molecular complexity index is 1430. The fourth-order valence-electron chi connectivity index (χ4n) is 3.59. The fraction of sp³-hybridized carbons (Fsp3) is 0.0870. The molecule has 0 aliphatic rings. The molecule has 2 aromatic carbocycles. The van der Waals surface area contributed by atoms with E-state index in [1.165, 1.54) is 6.92 Å². The van der Waals surface area contributed by atoms with E-state index >= 15 is 0 Å². The molecule has 3 heterocycles. The molecule has 0 saturated heterocycles. The Balaban J connectivity index is 1.51. The van der Waals surface area contributed by atoms with Crippen LogP contribution in [0.3, 0.4) is 0 Å². The number of hydrogen-bond acceptors (Lipinski definition) is 7. The Morgan fingerprint density at radius 3 is 2.36 bits per heavy atom. The number of anilines is 3. The summed E-state index contributed by atoms with van der Waals surface area (Å²) in [5, 5.41) is 20.6. The number of methoxy groups -OCH3 is 1. The topological polar surface area (TPSA) is 134 Å². The van der Waals surface area contributed by atoms with Crippen molar-refractivity contribution in [3.8, 4) is 28.0 Å². The number of fused-ring (bicyclic) bond motifs is 1. The number of rotatable bonds is 6. The van der Waals surface area contributed by atoms with Crippen LogP contribution in [-0.4, -0.2) is 43.4 Å². The SMILES string of the molecule is COc1cc2nc(Nc3cc(NC(C)=O)cc(-c4cn[nH]c4)c3)ncc2cc1-c1cn[nH]c1. The van der Waals surface area contributed by atoms with Gasteiger partial charge in [0, 0.05) is 65.0 Å². The molecule has 5 rings (SSSR count). The highest BCUT2D eigenvalue weighted by Gasteiger charge is 2.12. The number of aromatic amines is 2. The number of hydrogen-bond donors (Lipinski definition) is 4. The van der Waals surface area contributed by atoms with Gasteiger partial charge in [0.2, 0.25) is 11.9 Å². The van der Waals surface area contributed by atoms with Crippen molar-refractivity contribution in [2.24, 2.45) is 0 Å². The van der Waals surface area contributed by atoms with Crippen LogP contribution in [0.1, 0.15) is 6.92 Å². The first-order valence-corrected chi connectivity index (χ1v) is 10.1. The Morgan fingerprint density at radius 2 is 1.67 bits per heavy atom. The van der Waals surface area contributed by atoms with Crippen molar-refractivity contribution in [1.29, 1.82) is 0 Å². The predicted octanol–water partition coefficient (Wildman–Crippen LogP) is 4.12. The van der Waals surface area contributed by atoms with Crippen molar-refractivity contribution in [1.82, 2.24) is 30.4 Å². The van der Waals surface area contributed by atoms with Gasteiger partial charge in [-0.05, 0) is 29.8 Å². The minimum absolute atomic E-state index is 0.159. The summed E-state index contributed by atoms with van der Waals surface area (Å²) in [5.74, 6) is 0.940. The highest BCUT2D eigenvalue weighted by molar-refractivity contribution is 5.91. The van der Waals surface area contributed by atoms with Crippen LogP contribution in [0.2, 0.25) is 0 Å². The van der Waals surface area contributed by atoms with Gasteiger partial charge in [0.05, 0.1) is 25.0 Å². The van der Waals surface area contributed by atoms with Gasteiger partial charge in [-0.15, -0.1) is 0 Å². The van der Waals surface area contributed by atoms with E-state index in [1.807, 2.05) is 30.3 Å². The van der Waals surface area contributed by atoms with E-state index in [0.717, 1.165) is 38.8 Å². The van der Waals surface area contributed by atoms with Gasteiger partial charge in [0.15, 0.2) is 0 Å². The quantitative estimate of drug-likeness (QED) is 0.312. The van der Waals surface area contributed by atoms with Gasteiger partial charge in [0.25, 0.3) is 0 Å². The van der Waals surface area contributed by atoms with Crippen molar-refractivity contribution in [2.75, 3.05) is 17.7 Å². The monoisotopic (exact) mass is 440 g/mol. The number of benzene rings is 2. The smallest absolute Gasteiger partial charge is 0.227 e. The van der Waals surface area contributed by atoms with Gasteiger partial charge in [-0.2, -0.15) is 10.2 Å². The lowest BCUT2D eigenvalue weighted by atomic mass is 10.1. The first-order valence-electron chi connectivity index (χ1n) is 10.1. The number of nitrogens with one attached hydrogen (secondary N) is 4. The minimum atomic E-state index is -0.159. The number of amides is 1. The molecule has 5 aromatic rings. The third kappa shape index (κ3) is 4.22. The summed E-state index contributed by atoms with van der Waals surface area (Å²) >= 11 is 0. The Kier molecular flexibility index (Phi) is 5.15. The molecule has 0 radical (unpaired) electrons. The standard InChI is InChI=1S/C23H20N8O2/c1-13(32)29-18-3-14(16-9-25-26-10-16)4-19(6-18)30-23-24-8-15-5-20(17-11-27-28-12-17)22(33-2)7-21(15)31-23/h3-12H,1-2H3,(H,25,26)(H,27,28)(H,29,32)(H,24,30,31). The summed E-state index contributed by atoms with van der Waals surface area (Å²) in [6.45, 7) is 1.47. The molecule has 0 aliphatic carbocycles. The van der Waals surface area contributed by atoms with E-state index in [1.54, 1.807) is 38.1 Å². The average molecular weight is 440 g/mol. The first-order chi connectivity index (χ1) is 16.1. The molecule has 0 aliphatic heterocycles. The molecule has 10 nitrogen and oxygen atoms in total. The van der Waals surface area contributed by atoms with Gasteiger partial charge in [-0.25, -0.2) is 9.97 Å². The molecule has 33 heavy (non-hydrogen) atoms. The summed E-state index contributed by atoms with van der Waals surface area (Å²) in [6, 6.07) is 9.47. The molecule has 164 valence electrons. The van der Waals surface area contributed by atoms with Crippen LogP contribution in [-0.2, 0) is 4.79 Å². The molecular weight excluding hydrogens is 420 g/mol.